The van der Waals surface area contributed by atoms with Crippen molar-refractivity contribution in [3.8, 4) is 5.69 Å². The summed E-state index contributed by atoms with van der Waals surface area (Å²) < 4.78 is 44.5. The molecule has 8 heteroatoms. The van der Waals surface area contributed by atoms with Crippen molar-refractivity contribution in [1.82, 2.24) is 9.55 Å². The molecule has 0 fully saturated rings. The summed E-state index contributed by atoms with van der Waals surface area (Å²) in [5, 5.41) is 0. The zero-order valence-electron chi connectivity index (χ0n) is 13.1. The van der Waals surface area contributed by atoms with E-state index in [1.54, 1.807) is 19.1 Å². The Bertz CT molecular complexity index is 1000. The number of halogens is 3. The molecule has 0 aliphatic carbocycles. The van der Waals surface area contributed by atoms with Crippen LogP contribution in [0.3, 0.4) is 0 Å². The van der Waals surface area contributed by atoms with Crippen molar-refractivity contribution in [1.29, 1.82) is 0 Å². The summed E-state index contributed by atoms with van der Waals surface area (Å²) in [7, 11) is 0. The number of benzene rings is 2. The van der Waals surface area contributed by atoms with Crippen molar-refractivity contribution in [3.05, 3.63) is 64.1 Å². The number of fused-ring (bicyclic) bond motifs is 1. The third kappa shape index (κ3) is 3.15. The third-order valence-corrected chi connectivity index (χ3v) is 3.62. The molecule has 1 heterocycles. The Balaban J connectivity index is 2.13. The summed E-state index contributed by atoms with van der Waals surface area (Å²) in [5.41, 5.74) is -0.529. The monoisotopic (exact) mass is 350 g/mol. The molecular formula is C17H13F3N2O3. The minimum Gasteiger partial charge on any atom is -0.462 e. The standard InChI is InChI=1S/C17H13F3N2O3/c1-2-25-15(23)10-4-3-5-12(8-10)22-14-7-6-11(17(18,19)20)9-13(14)21-16(22)24/h3-9H,2H2,1H3,(H,21,24). The van der Waals surface area contributed by atoms with Gasteiger partial charge in [-0.1, -0.05) is 6.07 Å². The van der Waals surface area contributed by atoms with Crippen LogP contribution in [-0.4, -0.2) is 22.1 Å². The van der Waals surface area contributed by atoms with E-state index < -0.39 is 23.4 Å². The van der Waals surface area contributed by atoms with E-state index in [1.807, 2.05) is 0 Å². The lowest BCUT2D eigenvalue weighted by Crippen LogP contribution is -2.15. The first-order valence-electron chi connectivity index (χ1n) is 7.41. The van der Waals surface area contributed by atoms with Crippen LogP contribution in [0.2, 0.25) is 0 Å². The van der Waals surface area contributed by atoms with Crippen LogP contribution >= 0.6 is 0 Å². The fourth-order valence-electron chi connectivity index (χ4n) is 2.53. The van der Waals surface area contributed by atoms with Gasteiger partial charge in [-0.3, -0.25) is 4.57 Å². The highest BCUT2D eigenvalue weighted by Crippen LogP contribution is 2.31. The molecule has 25 heavy (non-hydrogen) atoms. The second-order valence-electron chi connectivity index (χ2n) is 5.27. The Morgan fingerprint density at radius 3 is 2.64 bits per heavy atom. The van der Waals surface area contributed by atoms with Gasteiger partial charge in [0.05, 0.1) is 34.5 Å². The molecule has 0 saturated heterocycles. The van der Waals surface area contributed by atoms with E-state index in [2.05, 4.69) is 4.98 Å². The van der Waals surface area contributed by atoms with Crippen molar-refractivity contribution in [2.24, 2.45) is 0 Å². The summed E-state index contributed by atoms with van der Waals surface area (Å²) in [6.45, 7) is 1.88. The average Bonchev–Trinajstić information content (AvgIpc) is 2.89. The average molecular weight is 350 g/mol. The first-order chi connectivity index (χ1) is 11.8. The van der Waals surface area contributed by atoms with Crippen LogP contribution in [0, 0.1) is 0 Å². The lowest BCUT2D eigenvalue weighted by Gasteiger charge is -2.08. The van der Waals surface area contributed by atoms with Gasteiger partial charge in [0.1, 0.15) is 0 Å². The zero-order chi connectivity index (χ0) is 18.2. The molecule has 1 aromatic heterocycles. The van der Waals surface area contributed by atoms with Crippen LogP contribution in [-0.2, 0) is 10.9 Å². The highest BCUT2D eigenvalue weighted by Gasteiger charge is 2.31. The van der Waals surface area contributed by atoms with E-state index in [1.165, 1.54) is 22.8 Å². The molecule has 0 bridgehead atoms. The van der Waals surface area contributed by atoms with Gasteiger partial charge in [0.2, 0.25) is 0 Å². The van der Waals surface area contributed by atoms with E-state index in [9.17, 15) is 22.8 Å². The molecule has 130 valence electrons. The Morgan fingerprint density at radius 2 is 1.96 bits per heavy atom. The van der Waals surface area contributed by atoms with Crippen LogP contribution < -0.4 is 5.69 Å². The van der Waals surface area contributed by atoms with Crippen molar-refractivity contribution in [2.75, 3.05) is 6.61 Å². The molecule has 3 rings (SSSR count). The molecule has 1 N–H and O–H groups in total. The molecule has 0 spiro atoms. The molecule has 0 saturated carbocycles. The molecule has 3 aromatic rings. The number of rotatable bonds is 3. The number of carbonyl (C=O) groups is 1. The van der Waals surface area contributed by atoms with Crippen LogP contribution in [0.1, 0.15) is 22.8 Å². The molecule has 0 radical (unpaired) electrons. The number of carbonyl (C=O) groups excluding carboxylic acids is 1. The van der Waals surface area contributed by atoms with Gasteiger partial charge in [-0.15, -0.1) is 0 Å². The van der Waals surface area contributed by atoms with Crippen molar-refractivity contribution < 1.29 is 22.7 Å². The third-order valence-electron chi connectivity index (χ3n) is 3.62. The highest BCUT2D eigenvalue weighted by molar-refractivity contribution is 5.90. The predicted molar refractivity (Wildman–Crippen MR) is 84.9 cm³/mol. The zero-order valence-corrected chi connectivity index (χ0v) is 13.1. The van der Waals surface area contributed by atoms with Gasteiger partial charge in [0.15, 0.2) is 0 Å². The number of aromatic nitrogens is 2. The second kappa shape index (κ2) is 6.12. The van der Waals surface area contributed by atoms with Gasteiger partial charge < -0.3 is 9.72 Å². The molecule has 2 aromatic carbocycles. The lowest BCUT2D eigenvalue weighted by atomic mass is 10.1. The maximum Gasteiger partial charge on any atom is 0.416 e. The molecular weight excluding hydrogens is 337 g/mol. The smallest absolute Gasteiger partial charge is 0.416 e. The van der Waals surface area contributed by atoms with E-state index in [0.29, 0.717) is 5.69 Å². The van der Waals surface area contributed by atoms with Gasteiger partial charge in [-0.25, -0.2) is 9.59 Å². The van der Waals surface area contributed by atoms with Gasteiger partial charge >= 0.3 is 17.8 Å². The number of hydrogen-bond donors (Lipinski definition) is 1. The number of H-pyrrole nitrogens is 1. The van der Waals surface area contributed by atoms with Gasteiger partial charge in [0.25, 0.3) is 0 Å². The number of imidazole rings is 1. The highest BCUT2D eigenvalue weighted by atomic mass is 19.4. The molecule has 0 unspecified atom stereocenters. The van der Waals surface area contributed by atoms with E-state index in [0.717, 1.165) is 12.1 Å². The van der Waals surface area contributed by atoms with Gasteiger partial charge in [-0.2, -0.15) is 13.2 Å². The van der Waals surface area contributed by atoms with Crippen LogP contribution in [0.25, 0.3) is 16.7 Å². The largest absolute Gasteiger partial charge is 0.462 e. The van der Waals surface area contributed by atoms with Crippen molar-refractivity contribution in [3.63, 3.8) is 0 Å². The predicted octanol–water partition coefficient (Wildman–Crippen LogP) is 3.51. The number of alkyl halides is 3. The van der Waals surface area contributed by atoms with E-state index >= 15 is 0 Å². The number of nitrogens with zero attached hydrogens (tertiary/aromatic N) is 1. The van der Waals surface area contributed by atoms with Crippen LogP contribution in [0.4, 0.5) is 13.2 Å². The fourth-order valence-corrected chi connectivity index (χ4v) is 2.53. The Morgan fingerprint density at radius 1 is 1.20 bits per heavy atom. The summed E-state index contributed by atoms with van der Waals surface area (Å²) in [6.07, 6.45) is -4.50. The number of hydrogen-bond acceptors (Lipinski definition) is 3. The maximum absolute atomic E-state index is 12.8. The first-order valence-corrected chi connectivity index (χ1v) is 7.41. The maximum atomic E-state index is 12.8. The molecule has 0 amide bonds. The summed E-state index contributed by atoms with van der Waals surface area (Å²) in [6, 6.07) is 9.12. The first kappa shape index (κ1) is 16.8. The molecule has 0 atom stereocenters. The van der Waals surface area contributed by atoms with E-state index in [-0.39, 0.29) is 23.2 Å². The Labute approximate surface area is 139 Å². The molecule has 0 aliphatic heterocycles. The molecule has 5 nitrogen and oxygen atoms in total. The number of aromatic amines is 1. The Kier molecular flexibility index (Phi) is 4.12. The van der Waals surface area contributed by atoms with Gasteiger partial charge in [-0.05, 0) is 43.3 Å². The number of nitrogens with one attached hydrogen (secondary N) is 1. The van der Waals surface area contributed by atoms with E-state index in [4.69, 9.17) is 4.74 Å². The molecule has 0 aliphatic rings. The quantitative estimate of drug-likeness (QED) is 0.735. The lowest BCUT2D eigenvalue weighted by molar-refractivity contribution is -0.137. The summed E-state index contributed by atoms with van der Waals surface area (Å²) in [4.78, 5) is 26.4. The van der Waals surface area contributed by atoms with Crippen molar-refractivity contribution >= 4 is 17.0 Å². The minimum atomic E-state index is -4.50. The van der Waals surface area contributed by atoms with Crippen molar-refractivity contribution in [2.45, 2.75) is 13.1 Å². The number of ether oxygens (including phenoxy) is 1. The normalized spacial score (nSPS) is 11.7. The second-order valence-corrected chi connectivity index (χ2v) is 5.27. The number of esters is 1. The summed E-state index contributed by atoms with van der Waals surface area (Å²) in [5.74, 6) is -0.545. The minimum absolute atomic E-state index is 0.0568. The van der Waals surface area contributed by atoms with Gasteiger partial charge in [0, 0.05) is 0 Å². The topological polar surface area (TPSA) is 64.1 Å². The summed E-state index contributed by atoms with van der Waals surface area (Å²) >= 11 is 0. The van der Waals surface area contributed by atoms with Crippen LogP contribution in [0.5, 0.6) is 0 Å². The SMILES string of the molecule is CCOC(=O)c1cccc(-n2c(=O)[nH]c3cc(C(F)(F)F)ccc32)c1. The van der Waals surface area contributed by atoms with Crippen LogP contribution in [0.15, 0.2) is 47.3 Å². The Hall–Kier alpha value is -3.03. The fraction of sp³-hybridized carbons (Fsp3) is 0.176.